The molecule has 2 amide bonds. The highest BCUT2D eigenvalue weighted by atomic mass is 16.2. The summed E-state index contributed by atoms with van der Waals surface area (Å²) in [7, 11) is 0. The predicted molar refractivity (Wildman–Crippen MR) is 93.9 cm³/mol. The Morgan fingerprint density at radius 2 is 2.08 bits per heavy atom. The third-order valence-electron chi connectivity index (χ3n) is 3.54. The van der Waals surface area contributed by atoms with E-state index in [0.29, 0.717) is 24.1 Å². The van der Waals surface area contributed by atoms with Crippen LogP contribution in [0.3, 0.4) is 0 Å². The fourth-order valence-corrected chi connectivity index (χ4v) is 2.44. The van der Waals surface area contributed by atoms with E-state index in [1.807, 2.05) is 26.8 Å². The SMILES string of the molecule is CCCC(=O)Nc1cccc(C(=O)N[C@H](C)Cc2cc(C)[nH]n2)c1. The highest BCUT2D eigenvalue weighted by Gasteiger charge is 2.12. The van der Waals surface area contributed by atoms with Crippen LogP contribution in [0.15, 0.2) is 30.3 Å². The van der Waals surface area contributed by atoms with Gasteiger partial charge in [0.05, 0.1) is 5.69 Å². The largest absolute Gasteiger partial charge is 0.349 e. The molecule has 6 nitrogen and oxygen atoms in total. The Balaban J connectivity index is 1.95. The third kappa shape index (κ3) is 5.22. The fourth-order valence-electron chi connectivity index (χ4n) is 2.44. The second kappa shape index (κ2) is 8.29. The van der Waals surface area contributed by atoms with E-state index in [4.69, 9.17) is 0 Å². The Hall–Kier alpha value is -2.63. The number of carbonyl (C=O) groups excluding carboxylic acids is 2. The number of aryl methyl sites for hydroxylation is 1. The van der Waals surface area contributed by atoms with Crippen molar-refractivity contribution in [2.45, 2.75) is 46.1 Å². The van der Waals surface area contributed by atoms with E-state index in [2.05, 4.69) is 20.8 Å². The number of amides is 2. The average molecular weight is 328 g/mol. The third-order valence-corrected chi connectivity index (χ3v) is 3.54. The van der Waals surface area contributed by atoms with E-state index < -0.39 is 0 Å². The molecule has 128 valence electrons. The molecule has 0 saturated carbocycles. The molecule has 24 heavy (non-hydrogen) atoms. The van der Waals surface area contributed by atoms with Gasteiger partial charge in [-0.05, 0) is 44.5 Å². The van der Waals surface area contributed by atoms with Gasteiger partial charge in [0.1, 0.15) is 0 Å². The van der Waals surface area contributed by atoms with Gasteiger partial charge < -0.3 is 10.6 Å². The van der Waals surface area contributed by atoms with Gasteiger partial charge in [-0.2, -0.15) is 5.10 Å². The Labute approximate surface area is 142 Å². The van der Waals surface area contributed by atoms with Crippen molar-refractivity contribution in [1.82, 2.24) is 15.5 Å². The van der Waals surface area contributed by atoms with Crippen LogP contribution in [0.5, 0.6) is 0 Å². The summed E-state index contributed by atoms with van der Waals surface area (Å²) < 4.78 is 0. The smallest absolute Gasteiger partial charge is 0.251 e. The maximum absolute atomic E-state index is 12.4. The second-order valence-corrected chi connectivity index (χ2v) is 6.00. The topological polar surface area (TPSA) is 86.9 Å². The lowest BCUT2D eigenvalue weighted by Gasteiger charge is -2.13. The van der Waals surface area contributed by atoms with Crippen LogP contribution in [-0.4, -0.2) is 28.1 Å². The number of aromatic amines is 1. The van der Waals surface area contributed by atoms with Crippen molar-refractivity contribution in [3.05, 3.63) is 47.3 Å². The maximum Gasteiger partial charge on any atom is 0.251 e. The molecule has 1 aromatic heterocycles. The van der Waals surface area contributed by atoms with E-state index in [0.717, 1.165) is 17.8 Å². The van der Waals surface area contributed by atoms with Gasteiger partial charge in [0.15, 0.2) is 0 Å². The van der Waals surface area contributed by atoms with Gasteiger partial charge >= 0.3 is 0 Å². The van der Waals surface area contributed by atoms with Crippen LogP contribution >= 0.6 is 0 Å². The summed E-state index contributed by atoms with van der Waals surface area (Å²) in [5.41, 5.74) is 3.07. The summed E-state index contributed by atoms with van der Waals surface area (Å²) >= 11 is 0. The van der Waals surface area contributed by atoms with Gasteiger partial charge in [-0.25, -0.2) is 0 Å². The van der Waals surface area contributed by atoms with Crippen molar-refractivity contribution < 1.29 is 9.59 Å². The maximum atomic E-state index is 12.4. The molecule has 2 aromatic rings. The van der Waals surface area contributed by atoms with E-state index in [1.54, 1.807) is 24.3 Å². The minimum atomic E-state index is -0.165. The zero-order chi connectivity index (χ0) is 17.5. The van der Waals surface area contributed by atoms with Crippen LogP contribution < -0.4 is 10.6 Å². The first-order valence-electron chi connectivity index (χ1n) is 8.19. The van der Waals surface area contributed by atoms with E-state index in [1.165, 1.54) is 0 Å². The highest BCUT2D eigenvalue weighted by molar-refractivity contribution is 5.97. The first kappa shape index (κ1) is 17.7. The minimum Gasteiger partial charge on any atom is -0.349 e. The summed E-state index contributed by atoms with van der Waals surface area (Å²) in [6.07, 6.45) is 1.91. The number of anilines is 1. The van der Waals surface area contributed by atoms with Crippen LogP contribution in [-0.2, 0) is 11.2 Å². The van der Waals surface area contributed by atoms with Crippen molar-refractivity contribution in [1.29, 1.82) is 0 Å². The van der Waals surface area contributed by atoms with Crippen LogP contribution in [0.4, 0.5) is 5.69 Å². The fraction of sp³-hybridized carbons (Fsp3) is 0.389. The molecular weight excluding hydrogens is 304 g/mol. The number of H-pyrrole nitrogens is 1. The van der Waals surface area contributed by atoms with Crippen LogP contribution in [0.25, 0.3) is 0 Å². The van der Waals surface area contributed by atoms with Gasteiger partial charge in [0.25, 0.3) is 5.91 Å². The number of nitrogens with one attached hydrogen (secondary N) is 3. The molecule has 0 saturated heterocycles. The lowest BCUT2D eigenvalue weighted by atomic mass is 10.1. The van der Waals surface area contributed by atoms with Crippen molar-refractivity contribution in [3.63, 3.8) is 0 Å². The number of hydrogen-bond donors (Lipinski definition) is 3. The summed E-state index contributed by atoms with van der Waals surface area (Å²) in [6, 6.07) is 8.88. The van der Waals surface area contributed by atoms with Gasteiger partial charge in [-0.1, -0.05) is 13.0 Å². The molecular formula is C18H24N4O2. The van der Waals surface area contributed by atoms with E-state index in [-0.39, 0.29) is 17.9 Å². The van der Waals surface area contributed by atoms with Crippen molar-refractivity contribution in [2.24, 2.45) is 0 Å². The standard InChI is InChI=1S/C18H24N4O2/c1-4-6-17(23)20-15-8-5-7-14(11-15)18(24)19-12(2)9-16-10-13(3)21-22-16/h5,7-8,10-12H,4,6,9H2,1-3H3,(H,19,24)(H,20,23)(H,21,22)/t12-/m1/s1. The molecule has 0 fully saturated rings. The molecule has 0 spiro atoms. The Bertz CT molecular complexity index is 709. The number of hydrogen-bond acceptors (Lipinski definition) is 3. The number of nitrogens with zero attached hydrogens (tertiary/aromatic N) is 1. The van der Waals surface area contributed by atoms with Gasteiger partial charge in [0, 0.05) is 35.8 Å². The van der Waals surface area contributed by atoms with Crippen molar-refractivity contribution in [2.75, 3.05) is 5.32 Å². The number of aromatic nitrogens is 2. The van der Waals surface area contributed by atoms with Crippen molar-refractivity contribution >= 4 is 17.5 Å². The van der Waals surface area contributed by atoms with Gasteiger partial charge in [-0.3, -0.25) is 14.7 Å². The lowest BCUT2D eigenvalue weighted by molar-refractivity contribution is -0.116. The molecule has 0 aliphatic heterocycles. The molecule has 0 bridgehead atoms. The van der Waals surface area contributed by atoms with E-state index >= 15 is 0 Å². The highest BCUT2D eigenvalue weighted by Crippen LogP contribution is 2.12. The first-order valence-corrected chi connectivity index (χ1v) is 8.19. The molecule has 1 atom stereocenters. The molecule has 1 aromatic carbocycles. The molecule has 0 aliphatic rings. The minimum absolute atomic E-state index is 0.0430. The number of benzene rings is 1. The summed E-state index contributed by atoms with van der Waals surface area (Å²) in [4.78, 5) is 24.0. The molecule has 1 heterocycles. The molecule has 0 aliphatic carbocycles. The quantitative estimate of drug-likeness (QED) is 0.730. The zero-order valence-electron chi connectivity index (χ0n) is 14.3. The molecule has 2 rings (SSSR count). The first-order chi connectivity index (χ1) is 11.5. The van der Waals surface area contributed by atoms with Crippen molar-refractivity contribution in [3.8, 4) is 0 Å². The molecule has 0 radical (unpaired) electrons. The summed E-state index contributed by atoms with van der Waals surface area (Å²) in [6.45, 7) is 5.83. The van der Waals surface area contributed by atoms with E-state index in [9.17, 15) is 9.59 Å². The number of rotatable bonds is 7. The van der Waals surface area contributed by atoms with Crippen LogP contribution in [0.1, 0.15) is 48.4 Å². The Morgan fingerprint density at radius 1 is 1.29 bits per heavy atom. The lowest BCUT2D eigenvalue weighted by Crippen LogP contribution is -2.34. The Morgan fingerprint density at radius 3 is 2.75 bits per heavy atom. The van der Waals surface area contributed by atoms with Gasteiger partial charge in [0.2, 0.25) is 5.91 Å². The van der Waals surface area contributed by atoms with Gasteiger partial charge in [-0.15, -0.1) is 0 Å². The summed E-state index contributed by atoms with van der Waals surface area (Å²) in [5.74, 6) is -0.210. The predicted octanol–water partition coefficient (Wildman–Crippen LogP) is 2.82. The monoisotopic (exact) mass is 328 g/mol. The van der Waals surface area contributed by atoms with Crippen LogP contribution in [0, 0.1) is 6.92 Å². The summed E-state index contributed by atoms with van der Waals surface area (Å²) in [5, 5.41) is 12.8. The molecule has 0 unspecified atom stereocenters. The second-order valence-electron chi connectivity index (χ2n) is 6.00. The Kier molecular flexibility index (Phi) is 6.12. The normalized spacial score (nSPS) is 11.8. The molecule has 3 N–H and O–H groups in total. The van der Waals surface area contributed by atoms with Crippen LogP contribution in [0.2, 0.25) is 0 Å². The zero-order valence-corrected chi connectivity index (χ0v) is 14.3. The molecule has 6 heteroatoms. The average Bonchev–Trinajstić information content (AvgIpc) is 2.92. The number of carbonyl (C=O) groups is 2.